The Balaban J connectivity index is 1.81. The van der Waals surface area contributed by atoms with Gasteiger partial charge in [-0.1, -0.05) is 82.7 Å². The van der Waals surface area contributed by atoms with Crippen LogP contribution in [-0.2, 0) is 32.0 Å². The lowest BCUT2D eigenvalue weighted by atomic mass is 9.83. The maximum atomic E-state index is 14.0. The summed E-state index contributed by atoms with van der Waals surface area (Å²) in [4.78, 5) is 60.4. The van der Waals surface area contributed by atoms with Gasteiger partial charge in [-0.25, -0.2) is 9.78 Å². The van der Waals surface area contributed by atoms with E-state index >= 15 is 0 Å². The summed E-state index contributed by atoms with van der Waals surface area (Å²) >= 11 is 0. The highest BCUT2D eigenvalue weighted by molar-refractivity contribution is 5.91. The summed E-state index contributed by atoms with van der Waals surface area (Å²) in [6.45, 7) is 9.81. The number of aliphatic hydroxyl groups excluding tert-OH is 1. The highest BCUT2D eigenvalue weighted by Gasteiger charge is 2.33. The third-order valence-corrected chi connectivity index (χ3v) is 8.75. The molecule has 4 amide bonds. The molecule has 1 aliphatic rings. The first-order valence-corrected chi connectivity index (χ1v) is 17.4. The van der Waals surface area contributed by atoms with Crippen LogP contribution in [0.4, 0.5) is 4.79 Å². The van der Waals surface area contributed by atoms with E-state index in [2.05, 4.69) is 38.2 Å². The van der Waals surface area contributed by atoms with E-state index in [4.69, 9.17) is 4.74 Å². The van der Waals surface area contributed by atoms with Crippen LogP contribution in [0.15, 0.2) is 42.9 Å². The molecule has 0 aliphatic heterocycles. The summed E-state index contributed by atoms with van der Waals surface area (Å²) in [6.07, 6.45) is 8.05. The minimum atomic E-state index is -1.11. The van der Waals surface area contributed by atoms with Crippen LogP contribution in [0.1, 0.15) is 97.2 Å². The van der Waals surface area contributed by atoms with Crippen LogP contribution in [0.2, 0.25) is 0 Å². The number of nitrogens with one attached hydrogen (secondary N) is 5. The lowest BCUT2D eigenvalue weighted by molar-refractivity contribution is -0.131. The number of aromatic nitrogens is 2. The van der Waals surface area contributed by atoms with Crippen molar-refractivity contribution in [1.29, 1.82) is 0 Å². The van der Waals surface area contributed by atoms with Crippen LogP contribution < -0.4 is 21.3 Å². The van der Waals surface area contributed by atoms with Crippen molar-refractivity contribution in [3.8, 4) is 0 Å². The molecule has 1 saturated carbocycles. The maximum Gasteiger partial charge on any atom is 0.408 e. The molecule has 3 rings (SSSR count). The van der Waals surface area contributed by atoms with Crippen molar-refractivity contribution in [2.75, 3.05) is 6.54 Å². The number of benzene rings is 1. The molecule has 12 nitrogen and oxygen atoms in total. The Bertz CT molecular complexity index is 1280. The Morgan fingerprint density at radius 3 is 2.27 bits per heavy atom. The first-order chi connectivity index (χ1) is 22.8. The van der Waals surface area contributed by atoms with Crippen LogP contribution in [-0.4, -0.2) is 75.3 Å². The van der Waals surface area contributed by atoms with E-state index in [0.29, 0.717) is 30.5 Å². The van der Waals surface area contributed by atoms with Crippen molar-refractivity contribution in [3.05, 3.63) is 54.1 Å². The van der Waals surface area contributed by atoms with E-state index in [1.54, 1.807) is 27.0 Å². The van der Waals surface area contributed by atoms with E-state index < -0.39 is 47.7 Å². The number of carbonyl (C=O) groups excluding carboxylic acids is 4. The van der Waals surface area contributed by atoms with Gasteiger partial charge in [-0.15, -0.1) is 0 Å². The number of rotatable bonds is 17. The minimum absolute atomic E-state index is 0.0870. The Labute approximate surface area is 285 Å². The van der Waals surface area contributed by atoms with Gasteiger partial charge in [0, 0.05) is 31.3 Å². The minimum Gasteiger partial charge on any atom is -0.444 e. The summed E-state index contributed by atoms with van der Waals surface area (Å²) in [5, 5.41) is 22.7. The van der Waals surface area contributed by atoms with Crippen LogP contribution in [0, 0.1) is 11.8 Å². The second-order valence-corrected chi connectivity index (χ2v) is 14.2. The summed E-state index contributed by atoms with van der Waals surface area (Å²) in [7, 11) is 0. The molecule has 1 aromatic heterocycles. The number of H-pyrrole nitrogens is 1. The third kappa shape index (κ3) is 14.0. The first-order valence-electron chi connectivity index (χ1n) is 17.4. The molecule has 1 aromatic carbocycles. The molecule has 266 valence electrons. The molecule has 0 bridgehead atoms. The summed E-state index contributed by atoms with van der Waals surface area (Å²) in [5.74, 6) is -0.737. The van der Waals surface area contributed by atoms with Gasteiger partial charge in [-0.05, 0) is 44.6 Å². The van der Waals surface area contributed by atoms with Gasteiger partial charge in [0.1, 0.15) is 17.7 Å². The summed E-state index contributed by atoms with van der Waals surface area (Å²) < 4.78 is 5.43. The van der Waals surface area contributed by atoms with E-state index in [-0.39, 0.29) is 25.2 Å². The zero-order valence-electron chi connectivity index (χ0n) is 29.2. The van der Waals surface area contributed by atoms with E-state index in [9.17, 15) is 24.3 Å². The predicted octanol–water partition coefficient (Wildman–Crippen LogP) is 3.94. The Morgan fingerprint density at radius 2 is 1.65 bits per heavy atom. The molecule has 0 spiro atoms. The lowest BCUT2D eigenvalue weighted by Crippen LogP contribution is -2.58. The number of aromatic amines is 1. The Hall–Kier alpha value is -3.93. The number of aliphatic hydroxyl groups is 1. The number of hydrogen-bond acceptors (Lipinski definition) is 7. The summed E-state index contributed by atoms with van der Waals surface area (Å²) in [6, 6.07) is 6.43. The molecule has 0 unspecified atom stereocenters. The van der Waals surface area contributed by atoms with Crippen molar-refractivity contribution in [3.63, 3.8) is 0 Å². The van der Waals surface area contributed by atoms with Crippen molar-refractivity contribution in [2.45, 2.75) is 129 Å². The molecule has 5 atom stereocenters. The van der Waals surface area contributed by atoms with Gasteiger partial charge in [-0.2, -0.15) is 0 Å². The number of ether oxygens (including phenoxy) is 1. The molecule has 1 heterocycles. The second kappa shape index (κ2) is 19.2. The topological polar surface area (TPSA) is 175 Å². The fourth-order valence-corrected chi connectivity index (χ4v) is 5.82. The maximum absolute atomic E-state index is 14.0. The largest absolute Gasteiger partial charge is 0.444 e. The molecule has 0 radical (unpaired) electrons. The molecular weight excluding hydrogens is 612 g/mol. The third-order valence-electron chi connectivity index (χ3n) is 8.75. The Kier molecular flexibility index (Phi) is 15.4. The van der Waals surface area contributed by atoms with Crippen molar-refractivity contribution in [1.82, 2.24) is 31.2 Å². The second-order valence-electron chi connectivity index (χ2n) is 14.2. The van der Waals surface area contributed by atoms with Crippen LogP contribution in [0.25, 0.3) is 0 Å². The number of carbonyl (C=O) groups is 4. The van der Waals surface area contributed by atoms with Gasteiger partial charge in [0.15, 0.2) is 0 Å². The van der Waals surface area contributed by atoms with Crippen molar-refractivity contribution < 1.29 is 29.0 Å². The molecule has 0 saturated heterocycles. The molecule has 6 N–H and O–H groups in total. The monoisotopic (exact) mass is 668 g/mol. The molecule has 48 heavy (non-hydrogen) atoms. The lowest BCUT2D eigenvalue weighted by Gasteiger charge is -2.31. The van der Waals surface area contributed by atoms with Crippen LogP contribution >= 0.6 is 0 Å². The fraction of sp³-hybridized carbons (Fsp3) is 0.639. The van der Waals surface area contributed by atoms with Gasteiger partial charge < -0.3 is 36.1 Å². The van der Waals surface area contributed by atoms with Gasteiger partial charge in [0.05, 0.1) is 24.9 Å². The van der Waals surface area contributed by atoms with Crippen LogP contribution in [0.5, 0.6) is 0 Å². The molecular formula is C36H56N6O6. The molecule has 2 aromatic rings. The zero-order valence-corrected chi connectivity index (χ0v) is 29.2. The normalized spacial score (nSPS) is 16.9. The van der Waals surface area contributed by atoms with Gasteiger partial charge in [0.25, 0.3) is 0 Å². The molecule has 1 fully saturated rings. The Morgan fingerprint density at radius 1 is 0.979 bits per heavy atom. The number of nitrogens with zero attached hydrogens (tertiary/aromatic N) is 1. The number of hydrogen-bond donors (Lipinski definition) is 6. The van der Waals surface area contributed by atoms with Crippen molar-refractivity contribution >= 4 is 23.8 Å². The van der Waals surface area contributed by atoms with E-state index in [1.165, 1.54) is 6.33 Å². The average Bonchev–Trinajstić information content (AvgIpc) is 3.56. The quantitative estimate of drug-likeness (QED) is 0.148. The fourth-order valence-electron chi connectivity index (χ4n) is 5.82. The van der Waals surface area contributed by atoms with E-state index in [1.807, 2.05) is 37.3 Å². The number of amides is 4. The zero-order chi connectivity index (χ0) is 35.1. The number of imidazole rings is 1. The van der Waals surface area contributed by atoms with Crippen molar-refractivity contribution in [2.24, 2.45) is 11.8 Å². The predicted molar refractivity (Wildman–Crippen MR) is 184 cm³/mol. The van der Waals surface area contributed by atoms with Gasteiger partial charge in [-0.3, -0.25) is 14.4 Å². The first kappa shape index (κ1) is 38.5. The highest BCUT2D eigenvalue weighted by atomic mass is 16.6. The smallest absolute Gasteiger partial charge is 0.408 e. The van der Waals surface area contributed by atoms with E-state index in [0.717, 1.165) is 44.1 Å². The summed E-state index contributed by atoms with van der Waals surface area (Å²) in [5.41, 5.74) is 0.648. The highest BCUT2D eigenvalue weighted by Crippen LogP contribution is 2.28. The standard InChI is InChI=1S/C36H56N6O6/c1-6-24(2)21-38-32(44)20-31(43)28(17-25-13-9-7-10-14-25)40-34(46)30(19-27-22-37-23-39-27)41-33(45)29(18-26-15-11-8-12-16-26)42-35(47)48-36(3,4)5/h8,11-12,15-16,22-25,28-31,43H,6-7,9-10,13-14,17-21H2,1-5H3,(H,37,39)(H,38,44)(H,40,46)(H,41,45)(H,42,47)/t24-,28-,29-,30-,31-/m0/s1. The SMILES string of the molecule is CC[C@H](C)CNC(=O)C[C@H](O)[C@H](CC1CCCCC1)NC(=O)[C@H](Cc1cnc[nH]1)NC(=O)[C@H](Cc1ccccc1)NC(=O)OC(C)(C)C. The number of alkyl carbamates (subject to hydrolysis) is 1. The molecule has 12 heteroatoms. The molecule has 1 aliphatic carbocycles. The van der Waals surface area contributed by atoms with Crippen LogP contribution in [0.3, 0.4) is 0 Å². The van der Waals surface area contributed by atoms with Gasteiger partial charge in [0.2, 0.25) is 17.7 Å². The van der Waals surface area contributed by atoms with Gasteiger partial charge >= 0.3 is 6.09 Å². The average molecular weight is 669 g/mol.